The number of carboxylic acid groups (broad SMARTS) is 1. The first kappa shape index (κ1) is 25.7. The Kier molecular flexibility index (Phi) is 8.29. The first-order chi connectivity index (χ1) is 14.8. The minimum absolute atomic E-state index is 0.0220. The van der Waals surface area contributed by atoms with Crippen LogP contribution in [0.4, 0.5) is 5.69 Å². The lowest BCUT2D eigenvalue weighted by Crippen LogP contribution is -2.38. The molecular formula is C26H38N2O4. The number of pyridine rings is 1. The number of ether oxygens (including phenoxy) is 1. The van der Waals surface area contributed by atoms with E-state index < -0.39 is 11.6 Å². The number of carboxylic acids is 1. The summed E-state index contributed by atoms with van der Waals surface area (Å²) in [5, 5.41) is 18.0. The maximum absolute atomic E-state index is 11.5. The average Bonchev–Trinajstić information content (AvgIpc) is 2.68. The quantitative estimate of drug-likeness (QED) is 0.671. The second kappa shape index (κ2) is 10.3. The second-order valence-corrected chi connectivity index (χ2v) is 10.2. The van der Waals surface area contributed by atoms with E-state index in [0.717, 1.165) is 59.8 Å². The molecule has 2 heterocycles. The minimum Gasteiger partial charge on any atom is -0.497 e. The third-order valence-electron chi connectivity index (χ3n) is 5.51. The molecule has 0 saturated carbocycles. The number of nitrogens with zero attached hydrogens (tertiary/aromatic N) is 2. The highest BCUT2D eigenvalue weighted by Crippen LogP contribution is 2.40. The molecule has 0 bridgehead atoms. The molecule has 0 radical (unpaired) electrons. The minimum atomic E-state index is -0.832. The lowest BCUT2D eigenvalue weighted by Gasteiger charge is -2.40. The lowest BCUT2D eigenvalue weighted by molar-refractivity contribution is -0.136. The van der Waals surface area contributed by atoms with Gasteiger partial charge in [0.1, 0.15) is 5.75 Å². The standard InChI is InChI=1S/C22H28N2O3.C4H10O/c1-15-18(13-20(25)26)21(24-10-8-22(2,3)9-11-24)19(14-23-15)16-6-5-7-17(12-16)27-4;1-4(2,3)5/h5-7,12,14H,8-11,13H2,1-4H3,(H,25,26);5H,1-3H3. The van der Waals surface area contributed by atoms with Crippen LogP contribution in [0, 0.1) is 12.3 Å². The molecule has 0 unspecified atom stereocenters. The van der Waals surface area contributed by atoms with Crippen LogP contribution in [-0.4, -0.2) is 47.0 Å². The topological polar surface area (TPSA) is 82.9 Å². The molecule has 0 atom stereocenters. The number of methoxy groups -OCH3 is 1. The molecule has 1 aromatic carbocycles. The molecule has 6 heteroatoms. The van der Waals surface area contributed by atoms with Crippen molar-refractivity contribution in [2.45, 2.75) is 66.4 Å². The van der Waals surface area contributed by atoms with Crippen LogP contribution in [0.2, 0.25) is 0 Å². The van der Waals surface area contributed by atoms with Gasteiger partial charge in [-0.2, -0.15) is 0 Å². The molecule has 1 aromatic heterocycles. The number of rotatable bonds is 5. The Hall–Kier alpha value is -2.60. The predicted molar refractivity (Wildman–Crippen MR) is 130 cm³/mol. The first-order valence-corrected chi connectivity index (χ1v) is 11.1. The van der Waals surface area contributed by atoms with Gasteiger partial charge in [0.2, 0.25) is 0 Å². The zero-order valence-corrected chi connectivity index (χ0v) is 20.5. The molecule has 2 N–H and O–H groups in total. The van der Waals surface area contributed by atoms with Crippen LogP contribution in [0.5, 0.6) is 5.75 Å². The van der Waals surface area contributed by atoms with Crippen LogP contribution in [-0.2, 0) is 11.2 Å². The van der Waals surface area contributed by atoms with Gasteiger partial charge in [-0.3, -0.25) is 9.78 Å². The van der Waals surface area contributed by atoms with Gasteiger partial charge in [-0.15, -0.1) is 0 Å². The summed E-state index contributed by atoms with van der Waals surface area (Å²) in [7, 11) is 1.65. The van der Waals surface area contributed by atoms with Crippen LogP contribution in [0.3, 0.4) is 0 Å². The molecule has 1 fully saturated rings. The van der Waals surface area contributed by atoms with Gasteiger partial charge in [0.15, 0.2) is 0 Å². The van der Waals surface area contributed by atoms with Crippen molar-refractivity contribution in [3.8, 4) is 16.9 Å². The van der Waals surface area contributed by atoms with E-state index in [9.17, 15) is 9.90 Å². The van der Waals surface area contributed by atoms with Crippen molar-refractivity contribution in [3.05, 3.63) is 41.7 Å². The summed E-state index contributed by atoms with van der Waals surface area (Å²) in [5.41, 5.74) is 4.38. The number of piperidine rings is 1. The Bertz CT molecular complexity index is 916. The fourth-order valence-corrected chi connectivity index (χ4v) is 3.70. The third-order valence-corrected chi connectivity index (χ3v) is 5.51. The Morgan fingerprint density at radius 3 is 2.34 bits per heavy atom. The number of anilines is 1. The van der Waals surface area contributed by atoms with E-state index in [1.165, 1.54) is 0 Å². The molecule has 1 saturated heterocycles. The molecule has 6 nitrogen and oxygen atoms in total. The van der Waals surface area contributed by atoms with Gasteiger partial charge in [-0.05, 0) is 63.6 Å². The zero-order chi connectivity index (χ0) is 24.1. The van der Waals surface area contributed by atoms with Gasteiger partial charge in [-0.25, -0.2) is 0 Å². The van der Waals surface area contributed by atoms with Crippen LogP contribution in [0.1, 0.15) is 58.7 Å². The molecule has 1 aliphatic rings. The fourth-order valence-electron chi connectivity index (χ4n) is 3.70. The van der Waals surface area contributed by atoms with Crippen molar-refractivity contribution in [2.24, 2.45) is 5.41 Å². The zero-order valence-electron chi connectivity index (χ0n) is 20.5. The number of aromatic nitrogens is 1. The Labute approximate surface area is 192 Å². The second-order valence-electron chi connectivity index (χ2n) is 10.2. The Morgan fingerprint density at radius 1 is 1.22 bits per heavy atom. The van der Waals surface area contributed by atoms with E-state index in [4.69, 9.17) is 9.84 Å². The SMILES string of the molecule is CC(C)(C)O.COc1cccc(-c2cnc(C)c(CC(=O)O)c2N2CCC(C)(C)CC2)c1. The van der Waals surface area contributed by atoms with Crippen LogP contribution in [0.25, 0.3) is 11.1 Å². The number of benzene rings is 1. The number of aryl methyl sites for hydroxylation is 1. The van der Waals surface area contributed by atoms with Gasteiger partial charge in [0.25, 0.3) is 0 Å². The van der Waals surface area contributed by atoms with Crippen LogP contribution >= 0.6 is 0 Å². The number of aliphatic hydroxyl groups is 1. The number of carbonyl (C=O) groups is 1. The lowest BCUT2D eigenvalue weighted by atomic mass is 9.82. The number of hydrogen-bond acceptors (Lipinski definition) is 5. The van der Waals surface area contributed by atoms with Crippen LogP contribution in [0.15, 0.2) is 30.5 Å². The molecule has 1 aliphatic heterocycles. The Morgan fingerprint density at radius 2 is 1.81 bits per heavy atom. The highest BCUT2D eigenvalue weighted by atomic mass is 16.5. The van der Waals surface area contributed by atoms with Gasteiger partial charge >= 0.3 is 5.97 Å². The van der Waals surface area contributed by atoms with E-state index in [1.54, 1.807) is 27.9 Å². The molecule has 176 valence electrons. The summed E-state index contributed by atoms with van der Waals surface area (Å²) in [4.78, 5) is 18.4. The van der Waals surface area contributed by atoms with Crippen molar-refractivity contribution >= 4 is 11.7 Å². The molecule has 2 aromatic rings. The summed E-state index contributed by atoms with van der Waals surface area (Å²) < 4.78 is 5.38. The van der Waals surface area contributed by atoms with Crippen molar-refractivity contribution in [3.63, 3.8) is 0 Å². The monoisotopic (exact) mass is 442 g/mol. The van der Waals surface area contributed by atoms with E-state index in [0.29, 0.717) is 5.41 Å². The van der Waals surface area contributed by atoms with Crippen molar-refractivity contribution < 1.29 is 19.7 Å². The number of hydrogen-bond donors (Lipinski definition) is 2. The van der Waals surface area contributed by atoms with E-state index in [-0.39, 0.29) is 6.42 Å². The highest BCUT2D eigenvalue weighted by Gasteiger charge is 2.29. The van der Waals surface area contributed by atoms with Crippen molar-refractivity contribution in [1.29, 1.82) is 0 Å². The molecule has 3 rings (SSSR count). The van der Waals surface area contributed by atoms with Gasteiger partial charge in [0.05, 0.1) is 24.8 Å². The fraction of sp³-hybridized carbons (Fsp3) is 0.538. The maximum atomic E-state index is 11.5. The normalized spacial score (nSPS) is 15.6. The summed E-state index contributed by atoms with van der Waals surface area (Å²) in [6, 6.07) is 7.87. The van der Waals surface area contributed by atoms with E-state index in [2.05, 4.69) is 23.7 Å². The maximum Gasteiger partial charge on any atom is 0.307 e. The van der Waals surface area contributed by atoms with Crippen LogP contribution < -0.4 is 9.64 Å². The summed E-state index contributed by atoms with van der Waals surface area (Å²) in [6.45, 7) is 13.5. The molecule has 0 spiro atoms. The van der Waals surface area contributed by atoms with Gasteiger partial charge in [-0.1, -0.05) is 26.0 Å². The number of aliphatic carboxylic acids is 1. The third kappa shape index (κ3) is 7.52. The Balaban J connectivity index is 0.000000654. The smallest absolute Gasteiger partial charge is 0.307 e. The predicted octanol–water partition coefficient (Wildman–Crippen LogP) is 5.10. The average molecular weight is 443 g/mol. The molecule has 0 amide bonds. The van der Waals surface area contributed by atoms with Crippen molar-refractivity contribution in [2.75, 3.05) is 25.1 Å². The molecule has 0 aliphatic carbocycles. The summed E-state index contributed by atoms with van der Waals surface area (Å²) in [6.07, 6.45) is 4.01. The van der Waals surface area contributed by atoms with Gasteiger partial charge in [0, 0.05) is 36.1 Å². The van der Waals surface area contributed by atoms with Crippen molar-refractivity contribution in [1.82, 2.24) is 4.98 Å². The van der Waals surface area contributed by atoms with Gasteiger partial charge < -0.3 is 19.8 Å². The van der Waals surface area contributed by atoms with E-state index in [1.807, 2.05) is 37.4 Å². The molecular weight excluding hydrogens is 404 g/mol. The summed E-state index contributed by atoms with van der Waals surface area (Å²) in [5.74, 6) is -0.0557. The molecule has 32 heavy (non-hydrogen) atoms. The highest BCUT2D eigenvalue weighted by molar-refractivity contribution is 5.85. The van der Waals surface area contributed by atoms with E-state index >= 15 is 0 Å². The summed E-state index contributed by atoms with van der Waals surface area (Å²) >= 11 is 0. The largest absolute Gasteiger partial charge is 0.497 e. The first-order valence-electron chi connectivity index (χ1n) is 11.1.